The van der Waals surface area contributed by atoms with Gasteiger partial charge in [0.2, 0.25) is 0 Å². The molecule has 1 fully saturated rings. The van der Waals surface area contributed by atoms with E-state index in [0.29, 0.717) is 6.54 Å². The number of hydrogen-bond acceptors (Lipinski definition) is 4. The molecule has 0 saturated carbocycles. The van der Waals surface area contributed by atoms with Crippen LogP contribution in [-0.2, 0) is 9.16 Å². The minimum atomic E-state index is -1.88. The second-order valence-corrected chi connectivity index (χ2v) is 11.2. The van der Waals surface area contributed by atoms with Crippen molar-refractivity contribution in [1.82, 2.24) is 0 Å². The third-order valence-electron chi connectivity index (χ3n) is 4.04. The molecule has 0 aliphatic carbocycles. The first-order chi connectivity index (χ1) is 7.60. The molecule has 5 heteroatoms. The molecular formula is C12H27NO3Si. The van der Waals surface area contributed by atoms with Gasteiger partial charge in [-0.25, -0.2) is 0 Å². The molecule has 0 amide bonds. The van der Waals surface area contributed by atoms with Gasteiger partial charge in [-0.15, -0.1) is 0 Å². The van der Waals surface area contributed by atoms with Crippen molar-refractivity contribution in [3.8, 4) is 0 Å². The van der Waals surface area contributed by atoms with Gasteiger partial charge in [-0.1, -0.05) is 20.8 Å². The lowest BCUT2D eigenvalue weighted by Gasteiger charge is -2.39. The average Bonchev–Trinajstić information content (AvgIpc) is 2.43. The van der Waals surface area contributed by atoms with Crippen molar-refractivity contribution in [2.45, 2.75) is 70.2 Å². The summed E-state index contributed by atoms with van der Waals surface area (Å²) in [7, 11) is -1.88. The van der Waals surface area contributed by atoms with Crippen molar-refractivity contribution < 1.29 is 14.3 Å². The molecule has 1 rings (SSSR count). The van der Waals surface area contributed by atoms with Crippen molar-refractivity contribution in [3.05, 3.63) is 0 Å². The van der Waals surface area contributed by atoms with Crippen molar-refractivity contribution in [2.24, 2.45) is 5.73 Å². The van der Waals surface area contributed by atoms with E-state index in [1.807, 2.05) is 6.92 Å². The molecule has 3 N–H and O–H groups in total. The summed E-state index contributed by atoms with van der Waals surface area (Å²) < 4.78 is 11.8. The minimum Gasteiger partial charge on any atom is -0.409 e. The molecule has 0 radical (unpaired) electrons. The highest BCUT2D eigenvalue weighted by Crippen LogP contribution is 2.39. The number of nitrogens with two attached hydrogens (primary N) is 1. The molecule has 0 aromatic rings. The topological polar surface area (TPSA) is 64.7 Å². The van der Waals surface area contributed by atoms with Crippen LogP contribution in [0.15, 0.2) is 0 Å². The highest BCUT2D eigenvalue weighted by atomic mass is 28.4. The second kappa shape index (κ2) is 4.97. The van der Waals surface area contributed by atoms with Crippen LogP contribution >= 0.6 is 0 Å². The average molecular weight is 261 g/mol. The van der Waals surface area contributed by atoms with Gasteiger partial charge in [-0.05, 0) is 25.1 Å². The van der Waals surface area contributed by atoms with E-state index in [2.05, 4.69) is 33.9 Å². The van der Waals surface area contributed by atoms with E-state index in [9.17, 15) is 5.11 Å². The third-order valence-corrected chi connectivity index (χ3v) is 8.51. The molecule has 0 aromatic heterocycles. The maximum atomic E-state index is 10.1. The van der Waals surface area contributed by atoms with Crippen molar-refractivity contribution >= 4 is 8.32 Å². The van der Waals surface area contributed by atoms with E-state index in [0.717, 1.165) is 0 Å². The van der Waals surface area contributed by atoms with Gasteiger partial charge in [0.15, 0.2) is 8.32 Å². The first kappa shape index (κ1) is 15.1. The molecule has 4 nitrogen and oxygen atoms in total. The van der Waals surface area contributed by atoms with E-state index >= 15 is 0 Å². The SMILES string of the molecule is C[C@@H]1O[C@H](CN)C(O)[C@@H]1O[Si](C)(C)C(C)(C)C. The lowest BCUT2D eigenvalue weighted by atomic mass is 10.1. The molecule has 0 bridgehead atoms. The zero-order valence-electron chi connectivity index (χ0n) is 11.9. The van der Waals surface area contributed by atoms with Gasteiger partial charge < -0.3 is 20.0 Å². The first-order valence-corrected chi connectivity index (χ1v) is 9.22. The van der Waals surface area contributed by atoms with Crippen molar-refractivity contribution in [1.29, 1.82) is 0 Å². The van der Waals surface area contributed by atoms with E-state index in [-0.39, 0.29) is 23.4 Å². The van der Waals surface area contributed by atoms with Gasteiger partial charge in [-0.2, -0.15) is 0 Å². The van der Waals surface area contributed by atoms with Crippen LogP contribution in [-0.4, -0.2) is 44.4 Å². The van der Waals surface area contributed by atoms with Gasteiger partial charge in [-0.3, -0.25) is 0 Å². The van der Waals surface area contributed by atoms with Crippen LogP contribution in [0.2, 0.25) is 18.1 Å². The normalized spacial score (nSPS) is 35.3. The first-order valence-electron chi connectivity index (χ1n) is 6.31. The fourth-order valence-electron chi connectivity index (χ4n) is 1.80. The predicted octanol–water partition coefficient (Wildman–Crippen LogP) is 1.48. The fourth-order valence-corrected chi connectivity index (χ4v) is 3.17. The standard InChI is InChI=1S/C12H27NO3Si/c1-8-11(10(14)9(7-13)15-8)16-17(5,6)12(2,3)4/h8-11,14H,7,13H2,1-6H3/t8-,9+,10?,11+/m0/s1. The molecule has 0 spiro atoms. The predicted molar refractivity (Wildman–Crippen MR) is 71.5 cm³/mol. The van der Waals surface area contributed by atoms with Crippen molar-refractivity contribution in [2.75, 3.05) is 6.54 Å². The fraction of sp³-hybridized carbons (Fsp3) is 1.00. The Kier molecular flexibility index (Phi) is 4.42. The summed E-state index contributed by atoms with van der Waals surface area (Å²) in [6.07, 6.45) is -1.24. The Labute approximate surface area is 106 Å². The highest BCUT2D eigenvalue weighted by molar-refractivity contribution is 6.74. The Morgan fingerprint density at radius 3 is 2.24 bits per heavy atom. The van der Waals surface area contributed by atoms with E-state index in [1.54, 1.807) is 0 Å². The zero-order chi connectivity index (χ0) is 13.4. The van der Waals surface area contributed by atoms with Crippen LogP contribution in [0.5, 0.6) is 0 Å². The summed E-state index contributed by atoms with van der Waals surface area (Å²) in [6, 6.07) is 0. The number of rotatable bonds is 3. The Hall–Kier alpha value is 0.0569. The van der Waals surface area contributed by atoms with Crippen LogP contribution in [0.4, 0.5) is 0 Å². The number of hydrogen-bond donors (Lipinski definition) is 2. The Bertz CT molecular complexity index is 265. The van der Waals surface area contributed by atoms with E-state index in [4.69, 9.17) is 14.9 Å². The molecule has 17 heavy (non-hydrogen) atoms. The summed E-state index contributed by atoms with van der Waals surface area (Å²) in [5, 5.41) is 10.3. The molecule has 4 atom stereocenters. The maximum absolute atomic E-state index is 10.1. The van der Waals surface area contributed by atoms with E-state index < -0.39 is 14.4 Å². The summed E-state index contributed by atoms with van der Waals surface area (Å²) in [4.78, 5) is 0. The van der Waals surface area contributed by atoms with Gasteiger partial charge in [0.1, 0.15) is 6.10 Å². The lowest BCUT2D eigenvalue weighted by molar-refractivity contribution is 0.0223. The number of aliphatic hydroxyl groups is 1. The number of aliphatic hydroxyl groups excluding tert-OH is 1. The van der Waals surface area contributed by atoms with Crippen LogP contribution in [0.25, 0.3) is 0 Å². The Morgan fingerprint density at radius 2 is 1.88 bits per heavy atom. The van der Waals surface area contributed by atoms with E-state index in [1.165, 1.54) is 0 Å². The summed E-state index contributed by atoms with van der Waals surface area (Å²) >= 11 is 0. The quantitative estimate of drug-likeness (QED) is 0.755. The Balaban J connectivity index is 2.75. The molecule has 1 aliphatic heterocycles. The largest absolute Gasteiger partial charge is 0.409 e. The molecule has 1 aliphatic rings. The molecule has 0 aromatic carbocycles. The molecule has 1 heterocycles. The summed E-state index contributed by atoms with van der Waals surface area (Å²) in [5.74, 6) is 0. The monoisotopic (exact) mass is 261 g/mol. The molecule has 1 saturated heterocycles. The molecular weight excluding hydrogens is 234 g/mol. The highest BCUT2D eigenvalue weighted by Gasteiger charge is 2.47. The minimum absolute atomic E-state index is 0.0901. The van der Waals surface area contributed by atoms with Gasteiger partial charge in [0.25, 0.3) is 0 Å². The van der Waals surface area contributed by atoms with Crippen molar-refractivity contribution in [3.63, 3.8) is 0 Å². The Morgan fingerprint density at radius 1 is 1.35 bits per heavy atom. The van der Waals surface area contributed by atoms with Crippen LogP contribution in [0.1, 0.15) is 27.7 Å². The van der Waals surface area contributed by atoms with Crippen LogP contribution < -0.4 is 5.73 Å². The third kappa shape index (κ3) is 3.09. The molecule has 102 valence electrons. The van der Waals surface area contributed by atoms with Gasteiger partial charge >= 0.3 is 0 Å². The smallest absolute Gasteiger partial charge is 0.192 e. The van der Waals surface area contributed by atoms with Gasteiger partial charge in [0.05, 0.1) is 18.3 Å². The lowest BCUT2D eigenvalue weighted by Crippen LogP contribution is -2.49. The molecule has 1 unspecified atom stereocenters. The van der Waals surface area contributed by atoms with Gasteiger partial charge in [0, 0.05) is 6.54 Å². The van der Waals surface area contributed by atoms with Crippen LogP contribution in [0.3, 0.4) is 0 Å². The maximum Gasteiger partial charge on any atom is 0.192 e. The summed E-state index contributed by atoms with van der Waals surface area (Å²) in [6.45, 7) is 13.2. The summed E-state index contributed by atoms with van der Waals surface area (Å²) in [5.41, 5.74) is 5.57. The zero-order valence-corrected chi connectivity index (χ0v) is 12.9. The second-order valence-electron chi connectivity index (χ2n) is 6.45. The number of ether oxygens (including phenoxy) is 1. The van der Waals surface area contributed by atoms with Crippen LogP contribution in [0, 0.1) is 0 Å².